The molecule has 146 valence electrons. The Kier molecular flexibility index (Phi) is 6.68. The molecule has 0 aromatic carbocycles. The molecule has 1 aliphatic heterocycles. The summed E-state index contributed by atoms with van der Waals surface area (Å²) in [4.78, 5) is 16.8. The van der Waals surface area contributed by atoms with Crippen LogP contribution >= 0.6 is 12.4 Å². The maximum atomic E-state index is 12.5. The second-order valence-electron chi connectivity index (χ2n) is 7.02. The highest BCUT2D eigenvalue weighted by Crippen LogP contribution is 2.22. The Morgan fingerprint density at radius 2 is 2.15 bits per heavy atom. The van der Waals surface area contributed by atoms with Gasteiger partial charge in [0, 0.05) is 49.6 Å². The minimum atomic E-state index is -0.155. The third kappa shape index (κ3) is 4.78. The maximum absolute atomic E-state index is 12.5. The maximum Gasteiger partial charge on any atom is 0.272 e. The lowest BCUT2D eigenvalue weighted by molar-refractivity contribution is 0.0944. The molecule has 0 atom stereocenters. The number of amides is 1. The molecule has 2 aromatic heterocycles. The fraction of sp³-hybridized carbons (Fsp3) is 0.526. The largest absolute Gasteiger partial charge is 0.474 e. The zero-order valence-corrected chi connectivity index (χ0v) is 16.1. The van der Waals surface area contributed by atoms with Crippen molar-refractivity contribution in [3.05, 3.63) is 40.8 Å². The van der Waals surface area contributed by atoms with E-state index in [0.717, 1.165) is 42.6 Å². The van der Waals surface area contributed by atoms with E-state index in [0.29, 0.717) is 24.7 Å². The van der Waals surface area contributed by atoms with Crippen LogP contribution in [0.15, 0.2) is 18.3 Å². The summed E-state index contributed by atoms with van der Waals surface area (Å²) in [6.45, 7) is 2.03. The summed E-state index contributed by atoms with van der Waals surface area (Å²) >= 11 is 0. The third-order valence-corrected chi connectivity index (χ3v) is 5.11. The normalized spacial score (nSPS) is 16.9. The number of fused-ring (bicyclic) bond motifs is 1. The second-order valence-corrected chi connectivity index (χ2v) is 7.02. The predicted octanol–water partition coefficient (Wildman–Crippen LogP) is 2.51. The number of pyridine rings is 1. The number of ether oxygens (including phenoxy) is 1. The van der Waals surface area contributed by atoms with E-state index < -0.39 is 0 Å². The molecule has 1 fully saturated rings. The van der Waals surface area contributed by atoms with Crippen LogP contribution in [0.2, 0.25) is 0 Å². The lowest BCUT2D eigenvalue weighted by Crippen LogP contribution is -2.28. The van der Waals surface area contributed by atoms with Gasteiger partial charge >= 0.3 is 0 Å². The van der Waals surface area contributed by atoms with E-state index in [-0.39, 0.29) is 24.4 Å². The Morgan fingerprint density at radius 1 is 1.30 bits per heavy atom. The van der Waals surface area contributed by atoms with Gasteiger partial charge in [0.1, 0.15) is 6.10 Å². The summed E-state index contributed by atoms with van der Waals surface area (Å²) in [5, 5.41) is 13.4. The molecule has 7 nitrogen and oxygen atoms in total. The van der Waals surface area contributed by atoms with Gasteiger partial charge in [-0.25, -0.2) is 4.98 Å². The van der Waals surface area contributed by atoms with Crippen molar-refractivity contribution in [2.45, 2.75) is 57.7 Å². The second kappa shape index (κ2) is 9.19. The summed E-state index contributed by atoms with van der Waals surface area (Å²) in [5.74, 6) is 0.489. The highest BCUT2D eigenvalue weighted by atomic mass is 35.5. The van der Waals surface area contributed by atoms with E-state index in [1.54, 1.807) is 6.20 Å². The number of hydrogen-bond acceptors (Lipinski definition) is 5. The van der Waals surface area contributed by atoms with Crippen molar-refractivity contribution >= 4 is 18.3 Å². The molecular weight excluding hydrogens is 366 g/mol. The van der Waals surface area contributed by atoms with E-state index in [1.165, 1.54) is 19.3 Å². The fourth-order valence-electron chi connectivity index (χ4n) is 3.66. The molecule has 8 heteroatoms. The minimum Gasteiger partial charge on any atom is -0.474 e. The van der Waals surface area contributed by atoms with Crippen LogP contribution in [0.1, 0.15) is 59.4 Å². The highest BCUT2D eigenvalue weighted by Gasteiger charge is 2.21. The zero-order valence-electron chi connectivity index (χ0n) is 15.3. The number of nitrogens with one attached hydrogen (secondary N) is 3. The zero-order chi connectivity index (χ0) is 17.8. The van der Waals surface area contributed by atoms with Crippen LogP contribution in [0.25, 0.3) is 0 Å². The van der Waals surface area contributed by atoms with Crippen molar-refractivity contribution in [3.63, 3.8) is 0 Å². The Labute approximate surface area is 165 Å². The number of aromatic amines is 1. The van der Waals surface area contributed by atoms with Gasteiger partial charge in [0.05, 0.1) is 0 Å². The quantitative estimate of drug-likeness (QED) is 0.728. The molecular formula is C19H26ClN5O2. The van der Waals surface area contributed by atoms with Gasteiger partial charge in [-0.2, -0.15) is 5.10 Å². The molecule has 27 heavy (non-hydrogen) atoms. The van der Waals surface area contributed by atoms with Gasteiger partial charge < -0.3 is 15.4 Å². The van der Waals surface area contributed by atoms with Crippen molar-refractivity contribution < 1.29 is 9.53 Å². The van der Waals surface area contributed by atoms with Crippen molar-refractivity contribution in [2.24, 2.45) is 0 Å². The number of nitrogens with zero attached hydrogens (tertiary/aromatic N) is 2. The monoisotopic (exact) mass is 391 g/mol. The lowest BCUT2D eigenvalue weighted by Gasteiger charge is -2.22. The van der Waals surface area contributed by atoms with Crippen LogP contribution in [0.5, 0.6) is 5.88 Å². The van der Waals surface area contributed by atoms with Crippen LogP contribution in [0.3, 0.4) is 0 Å². The van der Waals surface area contributed by atoms with Crippen molar-refractivity contribution in [1.29, 1.82) is 0 Å². The van der Waals surface area contributed by atoms with Gasteiger partial charge in [-0.15, -0.1) is 12.4 Å². The predicted molar refractivity (Wildman–Crippen MR) is 104 cm³/mol. The van der Waals surface area contributed by atoms with E-state index >= 15 is 0 Å². The molecule has 0 spiro atoms. The van der Waals surface area contributed by atoms with Crippen LogP contribution in [0.4, 0.5) is 0 Å². The van der Waals surface area contributed by atoms with Gasteiger partial charge in [-0.3, -0.25) is 9.89 Å². The Bertz CT molecular complexity index is 773. The Morgan fingerprint density at radius 3 is 3.00 bits per heavy atom. The first-order valence-corrected chi connectivity index (χ1v) is 9.46. The number of carbonyl (C=O) groups excluding carboxylic acids is 1. The lowest BCUT2D eigenvalue weighted by atomic mass is 9.98. The molecule has 4 rings (SSSR count). The van der Waals surface area contributed by atoms with Crippen molar-refractivity contribution in [2.75, 3.05) is 6.54 Å². The first kappa shape index (κ1) is 19.6. The van der Waals surface area contributed by atoms with E-state index in [4.69, 9.17) is 4.74 Å². The Balaban J connectivity index is 0.00000210. The molecule has 3 heterocycles. The molecule has 2 aromatic rings. The average Bonchev–Trinajstić information content (AvgIpc) is 3.11. The molecule has 1 saturated carbocycles. The molecule has 2 aliphatic rings. The molecule has 3 N–H and O–H groups in total. The van der Waals surface area contributed by atoms with E-state index in [1.807, 2.05) is 12.1 Å². The molecule has 0 radical (unpaired) electrons. The summed E-state index contributed by atoms with van der Waals surface area (Å²) < 4.78 is 6.00. The van der Waals surface area contributed by atoms with Crippen LogP contribution in [-0.4, -0.2) is 33.7 Å². The SMILES string of the molecule is Cl.O=C(NCc1ccnc(OC2CCCCC2)c1)c1n[nH]c2c1CNCC2. The number of carbonyl (C=O) groups is 1. The fourth-order valence-corrected chi connectivity index (χ4v) is 3.66. The number of halogens is 1. The number of rotatable bonds is 5. The molecule has 1 aliphatic carbocycles. The number of aromatic nitrogens is 3. The minimum absolute atomic E-state index is 0. The first-order chi connectivity index (χ1) is 12.8. The van der Waals surface area contributed by atoms with Crippen LogP contribution in [0, 0.1) is 0 Å². The smallest absolute Gasteiger partial charge is 0.272 e. The molecule has 0 saturated heterocycles. The van der Waals surface area contributed by atoms with Gasteiger partial charge in [-0.05, 0) is 37.3 Å². The molecule has 1 amide bonds. The van der Waals surface area contributed by atoms with Gasteiger partial charge in [0.2, 0.25) is 5.88 Å². The number of hydrogen-bond donors (Lipinski definition) is 3. The summed E-state index contributed by atoms with van der Waals surface area (Å²) in [7, 11) is 0. The van der Waals surface area contributed by atoms with E-state index in [9.17, 15) is 4.79 Å². The van der Waals surface area contributed by atoms with Gasteiger partial charge in [-0.1, -0.05) is 6.42 Å². The number of H-pyrrole nitrogens is 1. The first-order valence-electron chi connectivity index (χ1n) is 9.46. The molecule has 0 unspecified atom stereocenters. The molecule has 0 bridgehead atoms. The average molecular weight is 392 g/mol. The van der Waals surface area contributed by atoms with Gasteiger partial charge in [0.25, 0.3) is 5.91 Å². The van der Waals surface area contributed by atoms with Gasteiger partial charge in [0.15, 0.2) is 5.69 Å². The summed E-state index contributed by atoms with van der Waals surface area (Å²) in [5.41, 5.74) is 3.49. The summed E-state index contributed by atoms with van der Waals surface area (Å²) in [6, 6.07) is 3.81. The van der Waals surface area contributed by atoms with Crippen LogP contribution in [-0.2, 0) is 19.5 Å². The van der Waals surface area contributed by atoms with Crippen LogP contribution < -0.4 is 15.4 Å². The topological polar surface area (TPSA) is 91.9 Å². The Hall–Kier alpha value is -2.12. The van der Waals surface area contributed by atoms with E-state index in [2.05, 4.69) is 25.8 Å². The standard InChI is InChI=1S/C19H25N5O2.ClH/c25-19(18-15-12-20-8-7-16(15)23-24-18)22-11-13-6-9-21-17(10-13)26-14-4-2-1-3-5-14;/h6,9-10,14,20H,1-5,7-8,11-12H2,(H,22,25)(H,23,24);1H. The highest BCUT2D eigenvalue weighted by molar-refractivity contribution is 5.94. The van der Waals surface area contributed by atoms with Crippen molar-refractivity contribution in [1.82, 2.24) is 25.8 Å². The summed E-state index contributed by atoms with van der Waals surface area (Å²) in [6.07, 6.45) is 8.83. The van der Waals surface area contributed by atoms with Crippen molar-refractivity contribution in [3.8, 4) is 5.88 Å². The third-order valence-electron chi connectivity index (χ3n) is 5.11.